The highest BCUT2D eigenvalue weighted by molar-refractivity contribution is 6.31. The predicted molar refractivity (Wildman–Crippen MR) is 73.2 cm³/mol. The maximum atomic E-state index is 12.5. The monoisotopic (exact) mass is 317 g/mol. The molecule has 22 heavy (non-hydrogen) atoms. The molecular weight excluding hydrogens is 303 g/mol. The van der Waals surface area contributed by atoms with Gasteiger partial charge in [0.15, 0.2) is 6.61 Å². The quantitative estimate of drug-likeness (QED) is 0.620. The molecule has 2 amide bonds. The highest BCUT2D eigenvalue weighted by Gasteiger charge is 2.30. The first-order valence-corrected chi connectivity index (χ1v) is 6.23. The molecular formula is C13H14F3N3O3. The molecule has 0 aliphatic rings. The van der Waals surface area contributed by atoms with Crippen LogP contribution in [0, 0.1) is 0 Å². The molecule has 0 aliphatic carbocycles. The number of amides is 2. The molecule has 1 rings (SSSR count). The van der Waals surface area contributed by atoms with Crippen LogP contribution in [0.15, 0.2) is 29.4 Å². The van der Waals surface area contributed by atoms with Gasteiger partial charge in [-0.05, 0) is 25.1 Å². The summed E-state index contributed by atoms with van der Waals surface area (Å²) in [6.07, 6.45) is -3.77. The Labute approximate surface area is 124 Å². The molecule has 0 atom stereocenters. The van der Waals surface area contributed by atoms with Gasteiger partial charge in [0.1, 0.15) is 6.21 Å². The summed E-state index contributed by atoms with van der Waals surface area (Å²) in [4.78, 5) is 27.0. The van der Waals surface area contributed by atoms with E-state index in [1.54, 1.807) is 6.92 Å². The molecule has 120 valence electrons. The minimum absolute atomic E-state index is 0.0324. The zero-order valence-electron chi connectivity index (χ0n) is 11.6. The van der Waals surface area contributed by atoms with Gasteiger partial charge >= 0.3 is 6.18 Å². The average Bonchev–Trinajstić information content (AvgIpc) is 2.43. The molecule has 0 aromatic heterocycles. The second-order valence-electron chi connectivity index (χ2n) is 4.03. The van der Waals surface area contributed by atoms with Crippen molar-refractivity contribution in [3.8, 4) is 0 Å². The second kappa shape index (κ2) is 8.01. The Morgan fingerprint density at radius 2 is 2.09 bits per heavy atom. The predicted octanol–water partition coefficient (Wildman–Crippen LogP) is 1.78. The van der Waals surface area contributed by atoms with E-state index in [0.717, 1.165) is 18.3 Å². The van der Waals surface area contributed by atoms with Crippen LogP contribution in [0.25, 0.3) is 0 Å². The normalized spacial score (nSPS) is 11.3. The van der Waals surface area contributed by atoms with Crippen LogP contribution in [0.1, 0.15) is 12.5 Å². The van der Waals surface area contributed by atoms with Crippen molar-refractivity contribution in [3.05, 3.63) is 29.8 Å². The van der Waals surface area contributed by atoms with Gasteiger partial charge in [0.05, 0.1) is 5.56 Å². The molecule has 0 bridgehead atoms. The second-order valence-corrected chi connectivity index (χ2v) is 4.03. The van der Waals surface area contributed by atoms with Gasteiger partial charge in [0, 0.05) is 12.2 Å². The van der Waals surface area contributed by atoms with Crippen LogP contribution in [0.4, 0.5) is 18.9 Å². The van der Waals surface area contributed by atoms with E-state index in [4.69, 9.17) is 0 Å². The summed E-state index contributed by atoms with van der Waals surface area (Å²) in [5, 5.41) is 7.89. The van der Waals surface area contributed by atoms with Crippen molar-refractivity contribution in [1.29, 1.82) is 0 Å². The fourth-order valence-electron chi connectivity index (χ4n) is 1.38. The average molecular weight is 317 g/mol. The minimum Gasteiger partial charge on any atom is -0.386 e. The number of carbonyl (C=O) groups is 2. The first-order chi connectivity index (χ1) is 10.3. The fraction of sp³-hybridized carbons (Fsp3) is 0.308. The number of nitrogens with one attached hydrogen (secondary N) is 2. The van der Waals surface area contributed by atoms with Gasteiger partial charge in [-0.3, -0.25) is 9.59 Å². The maximum Gasteiger partial charge on any atom is 0.416 e. The molecule has 0 heterocycles. The molecule has 0 unspecified atom stereocenters. The summed E-state index contributed by atoms with van der Waals surface area (Å²) >= 11 is 0. The largest absolute Gasteiger partial charge is 0.416 e. The van der Waals surface area contributed by atoms with Gasteiger partial charge in [-0.15, -0.1) is 0 Å². The molecule has 6 nitrogen and oxygen atoms in total. The Bertz CT molecular complexity index is 559. The number of hydrogen-bond acceptors (Lipinski definition) is 4. The summed E-state index contributed by atoms with van der Waals surface area (Å²) < 4.78 is 37.5. The minimum atomic E-state index is -4.50. The summed E-state index contributed by atoms with van der Waals surface area (Å²) in [5.74, 6) is -1.19. The van der Waals surface area contributed by atoms with E-state index >= 15 is 0 Å². The van der Waals surface area contributed by atoms with Gasteiger partial charge < -0.3 is 15.5 Å². The molecule has 2 N–H and O–H groups in total. The Balaban J connectivity index is 2.50. The maximum absolute atomic E-state index is 12.5. The smallest absolute Gasteiger partial charge is 0.386 e. The molecule has 1 aromatic carbocycles. The number of halogens is 3. The van der Waals surface area contributed by atoms with E-state index in [1.165, 1.54) is 12.1 Å². The standard InChI is InChI=1S/C13H14F3N3O3/c1-2-17-12(21)8-22-18-7-11(20)19-10-5-3-4-9(6-10)13(14,15)16/h3-7H,2,8H2,1H3,(H,17,21)(H,19,20)/b18-7+. The topological polar surface area (TPSA) is 79.8 Å². The van der Waals surface area contributed by atoms with Crippen LogP contribution in [-0.4, -0.2) is 31.2 Å². The van der Waals surface area contributed by atoms with Crippen LogP contribution < -0.4 is 10.6 Å². The number of likely N-dealkylation sites (N-methyl/N-ethyl adjacent to an activating group) is 1. The van der Waals surface area contributed by atoms with Crippen molar-refractivity contribution in [2.75, 3.05) is 18.5 Å². The van der Waals surface area contributed by atoms with Gasteiger partial charge in [-0.2, -0.15) is 13.2 Å². The number of benzene rings is 1. The molecule has 0 saturated heterocycles. The van der Waals surface area contributed by atoms with Crippen molar-refractivity contribution >= 4 is 23.7 Å². The van der Waals surface area contributed by atoms with E-state index in [-0.39, 0.29) is 12.3 Å². The molecule has 1 aromatic rings. The Kier molecular flexibility index (Phi) is 6.36. The highest BCUT2D eigenvalue weighted by atomic mass is 19.4. The molecule has 0 saturated carbocycles. The van der Waals surface area contributed by atoms with Crippen molar-refractivity contribution in [3.63, 3.8) is 0 Å². The van der Waals surface area contributed by atoms with Crippen molar-refractivity contribution in [2.45, 2.75) is 13.1 Å². The number of carbonyl (C=O) groups excluding carboxylic acids is 2. The first-order valence-electron chi connectivity index (χ1n) is 6.23. The Morgan fingerprint density at radius 1 is 1.36 bits per heavy atom. The SMILES string of the molecule is CCNC(=O)CO/N=C/C(=O)Nc1cccc(C(F)(F)F)c1. The van der Waals surface area contributed by atoms with Crippen LogP contribution in [0.2, 0.25) is 0 Å². The number of alkyl halides is 3. The van der Waals surface area contributed by atoms with E-state index in [0.29, 0.717) is 6.54 Å². The number of anilines is 1. The van der Waals surface area contributed by atoms with Crippen LogP contribution in [0.3, 0.4) is 0 Å². The number of hydrogen-bond donors (Lipinski definition) is 2. The zero-order chi connectivity index (χ0) is 16.6. The third-order valence-electron chi connectivity index (χ3n) is 2.27. The summed E-state index contributed by atoms with van der Waals surface area (Å²) in [6, 6.07) is 4.15. The lowest BCUT2D eigenvalue weighted by Crippen LogP contribution is -2.26. The Morgan fingerprint density at radius 3 is 2.73 bits per heavy atom. The van der Waals surface area contributed by atoms with E-state index in [9.17, 15) is 22.8 Å². The third kappa shape index (κ3) is 6.25. The molecule has 9 heteroatoms. The Hall–Kier alpha value is -2.58. The number of nitrogens with zero attached hydrogens (tertiary/aromatic N) is 1. The summed E-state index contributed by atoms with van der Waals surface area (Å²) in [5.41, 5.74) is -0.912. The zero-order valence-corrected chi connectivity index (χ0v) is 11.6. The number of oxime groups is 1. The lowest BCUT2D eigenvalue weighted by atomic mass is 10.2. The van der Waals surface area contributed by atoms with Crippen LogP contribution in [-0.2, 0) is 20.6 Å². The fourth-order valence-corrected chi connectivity index (χ4v) is 1.38. The lowest BCUT2D eigenvalue weighted by Gasteiger charge is -2.08. The molecule has 0 aliphatic heterocycles. The van der Waals surface area contributed by atoms with E-state index < -0.39 is 23.6 Å². The first kappa shape index (κ1) is 17.5. The highest BCUT2D eigenvalue weighted by Crippen LogP contribution is 2.30. The van der Waals surface area contributed by atoms with Crippen molar-refractivity contribution in [1.82, 2.24) is 5.32 Å². The molecule has 0 fully saturated rings. The van der Waals surface area contributed by atoms with Gasteiger partial charge in [0.2, 0.25) is 0 Å². The van der Waals surface area contributed by atoms with Gasteiger partial charge in [-0.1, -0.05) is 11.2 Å². The van der Waals surface area contributed by atoms with Gasteiger partial charge in [-0.25, -0.2) is 0 Å². The van der Waals surface area contributed by atoms with Gasteiger partial charge in [0.25, 0.3) is 11.8 Å². The van der Waals surface area contributed by atoms with Crippen LogP contribution >= 0.6 is 0 Å². The molecule has 0 radical (unpaired) electrons. The lowest BCUT2D eigenvalue weighted by molar-refractivity contribution is -0.137. The van der Waals surface area contributed by atoms with Crippen LogP contribution in [0.5, 0.6) is 0 Å². The molecule has 0 spiro atoms. The van der Waals surface area contributed by atoms with E-state index in [1.807, 2.05) is 0 Å². The van der Waals surface area contributed by atoms with E-state index in [2.05, 4.69) is 20.6 Å². The summed E-state index contributed by atoms with van der Waals surface area (Å²) in [6.45, 7) is 1.80. The number of rotatable bonds is 6. The summed E-state index contributed by atoms with van der Waals surface area (Å²) in [7, 11) is 0. The third-order valence-corrected chi connectivity index (χ3v) is 2.27. The van der Waals surface area contributed by atoms with Crippen molar-refractivity contribution < 1.29 is 27.6 Å². The van der Waals surface area contributed by atoms with Crippen molar-refractivity contribution in [2.24, 2.45) is 5.16 Å².